The lowest BCUT2D eigenvalue weighted by molar-refractivity contribution is -0.402. The number of para-hydroxylation sites is 2. The molecular formula is C27H24N3O7P. The van der Waals surface area contributed by atoms with Crippen LogP contribution in [-0.2, 0) is 17.5 Å². The Kier molecular flexibility index (Phi) is 6.89. The molecule has 0 amide bonds. The van der Waals surface area contributed by atoms with E-state index in [9.17, 15) is 19.8 Å². The first-order valence-corrected chi connectivity index (χ1v) is 13.3. The number of furan rings is 1. The quantitative estimate of drug-likeness (QED) is 0.151. The van der Waals surface area contributed by atoms with Gasteiger partial charge in [-0.15, -0.1) is 4.76 Å². The number of benzene rings is 3. The molecule has 0 aliphatic carbocycles. The maximum absolute atomic E-state index is 14.2. The van der Waals surface area contributed by atoms with Crippen LogP contribution in [0.4, 0.5) is 5.88 Å². The molecule has 0 radical (unpaired) electrons. The van der Waals surface area contributed by atoms with Crippen molar-refractivity contribution in [3.8, 4) is 17.2 Å². The summed E-state index contributed by atoms with van der Waals surface area (Å²) >= 11 is 0. The van der Waals surface area contributed by atoms with E-state index in [0.717, 1.165) is 11.1 Å². The second-order valence-corrected chi connectivity index (χ2v) is 10.2. The van der Waals surface area contributed by atoms with E-state index in [2.05, 4.69) is 4.76 Å². The van der Waals surface area contributed by atoms with Gasteiger partial charge in [0.15, 0.2) is 0 Å². The Bertz CT molecular complexity index is 1480. The van der Waals surface area contributed by atoms with E-state index < -0.39 is 12.7 Å². The summed E-state index contributed by atoms with van der Waals surface area (Å²) in [5, 5.41) is 21.2. The van der Waals surface area contributed by atoms with Gasteiger partial charge in [0.2, 0.25) is 0 Å². The monoisotopic (exact) mass is 533 g/mol. The van der Waals surface area contributed by atoms with Crippen LogP contribution in [0.15, 0.2) is 100 Å². The van der Waals surface area contributed by atoms with E-state index in [-0.39, 0.29) is 30.6 Å². The fourth-order valence-corrected chi connectivity index (χ4v) is 5.63. The third kappa shape index (κ3) is 5.55. The topological polar surface area (TPSA) is 128 Å². The van der Waals surface area contributed by atoms with Gasteiger partial charge in [0.25, 0.3) is 0 Å². The van der Waals surface area contributed by atoms with Crippen molar-refractivity contribution in [1.82, 2.24) is 4.90 Å². The van der Waals surface area contributed by atoms with Crippen molar-refractivity contribution in [2.24, 2.45) is 4.76 Å². The molecule has 4 aromatic rings. The van der Waals surface area contributed by atoms with Crippen molar-refractivity contribution in [3.05, 3.63) is 118 Å². The largest absolute Gasteiger partial charge is 0.564 e. The van der Waals surface area contributed by atoms with Gasteiger partial charge in [-0.2, -0.15) is 0 Å². The lowest BCUT2D eigenvalue weighted by Crippen LogP contribution is -2.38. The molecule has 38 heavy (non-hydrogen) atoms. The summed E-state index contributed by atoms with van der Waals surface area (Å²) in [7, 11) is -4.17. The van der Waals surface area contributed by atoms with Crippen molar-refractivity contribution < 1.29 is 28.1 Å². The third-order valence-electron chi connectivity index (χ3n) is 6.05. The maximum Gasteiger partial charge on any atom is 0.564 e. The first kappa shape index (κ1) is 25.1. The zero-order chi connectivity index (χ0) is 26.7. The number of aromatic hydroxyl groups is 1. The molecule has 1 atom stereocenters. The van der Waals surface area contributed by atoms with Crippen molar-refractivity contribution in [1.29, 1.82) is 0 Å². The minimum absolute atomic E-state index is 0.0968. The Morgan fingerprint density at radius 3 is 2.24 bits per heavy atom. The van der Waals surface area contributed by atoms with E-state index in [4.69, 9.17) is 13.5 Å². The highest BCUT2D eigenvalue weighted by Gasteiger charge is 2.35. The molecule has 2 heterocycles. The third-order valence-corrected chi connectivity index (χ3v) is 7.41. The number of hydrogen-bond acceptors (Lipinski definition) is 7. The Balaban J connectivity index is 1.58. The molecule has 11 heteroatoms. The smallest absolute Gasteiger partial charge is 0.508 e. The highest BCUT2D eigenvalue weighted by Crippen LogP contribution is 2.51. The fraction of sp³-hybridized carbons (Fsp3) is 0.148. The molecule has 10 nitrogen and oxygen atoms in total. The summed E-state index contributed by atoms with van der Waals surface area (Å²) in [6.07, 6.45) is 0.253. The first-order valence-electron chi connectivity index (χ1n) is 11.8. The van der Waals surface area contributed by atoms with Crippen molar-refractivity contribution in [2.45, 2.75) is 25.9 Å². The second kappa shape index (κ2) is 10.4. The van der Waals surface area contributed by atoms with Gasteiger partial charge in [-0.1, -0.05) is 42.5 Å². The number of phenols is 1. The molecule has 0 bridgehead atoms. The molecule has 0 spiro atoms. The van der Waals surface area contributed by atoms with Crippen molar-refractivity contribution >= 4 is 19.5 Å². The van der Waals surface area contributed by atoms with Gasteiger partial charge >= 0.3 is 13.6 Å². The molecular weight excluding hydrogens is 509 g/mol. The SMILES string of the molecule is CC1c2cc(O)ccc2C/C(=N/P(=O)(Oc2ccccc2)Oc2ccccc2)N1Cc1ccc([N+](=O)[O-])o1. The zero-order valence-electron chi connectivity index (χ0n) is 20.3. The van der Waals surface area contributed by atoms with E-state index in [1.54, 1.807) is 83.8 Å². The number of rotatable bonds is 8. The summed E-state index contributed by atoms with van der Waals surface area (Å²) in [6.45, 7) is 1.99. The van der Waals surface area contributed by atoms with Gasteiger partial charge in [0.1, 0.15) is 33.8 Å². The maximum atomic E-state index is 14.2. The molecule has 1 unspecified atom stereocenters. The summed E-state index contributed by atoms with van der Waals surface area (Å²) in [5.74, 6) is 1.06. The predicted molar refractivity (Wildman–Crippen MR) is 140 cm³/mol. The van der Waals surface area contributed by atoms with Crippen LogP contribution >= 0.6 is 7.75 Å². The standard InChI is InChI=1S/C27H24N3O7P/c1-19-25-17-21(31)13-12-20(25)16-26(29(19)18-24-14-15-27(35-24)30(32)33)28-38(34,36-22-8-4-2-5-9-22)37-23-10-6-3-7-11-23/h2-15,17,19,31H,16,18H2,1H3/b28-26-. The van der Waals surface area contributed by atoms with Crippen LogP contribution < -0.4 is 9.05 Å². The van der Waals surface area contributed by atoms with E-state index >= 15 is 0 Å². The van der Waals surface area contributed by atoms with Gasteiger partial charge in [0, 0.05) is 6.42 Å². The van der Waals surface area contributed by atoms with Gasteiger partial charge in [0.05, 0.1) is 18.7 Å². The molecule has 0 saturated carbocycles. The zero-order valence-corrected chi connectivity index (χ0v) is 21.2. The lowest BCUT2D eigenvalue weighted by Gasteiger charge is -2.37. The first-order chi connectivity index (χ1) is 18.3. The summed E-state index contributed by atoms with van der Waals surface area (Å²) in [4.78, 5) is 12.3. The van der Waals surface area contributed by atoms with Crippen molar-refractivity contribution in [2.75, 3.05) is 0 Å². The molecule has 1 aliphatic heterocycles. The number of amidine groups is 1. The van der Waals surface area contributed by atoms with E-state index in [1.165, 1.54) is 12.1 Å². The van der Waals surface area contributed by atoms with E-state index in [0.29, 0.717) is 23.1 Å². The summed E-state index contributed by atoms with van der Waals surface area (Å²) in [6, 6.07) is 24.7. The summed E-state index contributed by atoms with van der Waals surface area (Å²) < 4.78 is 35.8. The van der Waals surface area contributed by atoms with Gasteiger partial charge in [-0.05, 0) is 60.5 Å². The van der Waals surface area contributed by atoms with Gasteiger partial charge in [-0.3, -0.25) is 10.1 Å². The molecule has 194 valence electrons. The van der Waals surface area contributed by atoms with Crippen LogP contribution in [0.1, 0.15) is 29.9 Å². The number of nitro groups is 1. The Hall–Kier alpha value is -4.56. The lowest BCUT2D eigenvalue weighted by atomic mass is 9.92. The Morgan fingerprint density at radius 1 is 1.03 bits per heavy atom. The number of phenolic OH excluding ortho intramolecular Hbond substituents is 1. The minimum atomic E-state index is -4.17. The van der Waals surface area contributed by atoms with Crippen LogP contribution in [0.2, 0.25) is 0 Å². The molecule has 1 N–H and O–H groups in total. The average molecular weight is 533 g/mol. The molecule has 3 aromatic carbocycles. The Labute approximate surface area is 218 Å². The molecule has 5 rings (SSSR count). The minimum Gasteiger partial charge on any atom is -0.508 e. The van der Waals surface area contributed by atoms with Crippen LogP contribution in [0, 0.1) is 10.1 Å². The fourth-order valence-electron chi connectivity index (χ4n) is 4.26. The number of hydrogen-bond donors (Lipinski definition) is 1. The number of nitrogens with zero attached hydrogens (tertiary/aromatic N) is 3. The summed E-state index contributed by atoms with van der Waals surface area (Å²) in [5.41, 5.74) is 1.72. The van der Waals surface area contributed by atoms with Gasteiger partial charge in [-0.25, -0.2) is 4.57 Å². The van der Waals surface area contributed by atoms with Crippen LogP contribution in [0.3, 0.4) is 0 Å². The highest BCUT2D eigenvalue weighted by atomic mass is 31.2. The average Bonchev–Trinajstić information content (AvgIpc) is 3.37. The van der Waals surface area contributed by atoms with Gasteiger partial charge < -0.3 is 23.5 Å². The molecule has 1 aliphatic rings. The van der Waals surface area contributed by atoms with Crippen LogP contribution in [0.25, 0.3) is 0 Å². The van der Waals surface area contributed by atoms with Crippen LogP contribution in [0.5, 0.6) is 17.2 Å². The molecule has 1 aromatic heterocycles. The van der Waals surface area contributed by atoms with E-state index in [1.807, 2.05) is 6.92 Å². The number of fused-ring (bicyclic) bond motifs is 1. The molecule has 0 fully saturated rings. The van der Waals surface area contributed by atoms with Crippen LogP contribution in [-0.4, -0.2) is 20.8 Å². The predicted octanol–water partition coefficient (Wildman–Crippen LogP) is 6.68. The second-order valence-electron chi connectivity index (χ2n) is 8.65. The molecule has 0 saturated heterocycles. The highest BCUT2D eigenvalue weighted by molar-refractivity contribution is 7.53. The normalized spacial score (nSPS) is 16.2. The Morgan fingerprint density at radius 2 is 1.66 bits per heavy atom. The van der Waals surface area contributed by atoms with Crippen molar-refractivity contribution in [3.63, 3.8) is 0 Å².